The van der Waals surface area contributed by atoms with Crippen molar-refractivity contribution in [2.75, 3.05) is 4.90 Å². The molecule has 1 saturated heterocycles. The van der Waals surface area contributed by atoms with Gasteiger partial charge in [0.15, 0.2) is 0 Å². The van der Waals surface area contributed by atoms with Crippen LogP contribution in [0.2, 0.25) is 0 Å². The van der Waals surface area contributed by atoms with E-state index in [0.717, 1.165) is 21.6 Å². The fourth-order valence-corrected chi connectivity index (χ4v) is 4.81. The van der Waals surface area contributed by atoms with Gasteiger partial charge in [-0.05, 0) is 73.2 Å². The summed E-state index contributed by atoms with van der Waals surface area (Å²) < 4.78 is 0. The molecule has 1 unspecified atom stereocenters. The first-order valence-corrected chi connectivity index (χ1v) is 10.8. The van der Waals surface area contributed by atoms with E-state index in [2.05, 4.69) is 0 Å². The minimum atomic E-state index is -0.799. The summed E-state index contributed by atoms with van der Waals surface area (Å²) in [6.07, 6.45) is 0. The van der Waals surface area contributed by atoms with Crippen molar-refractivity contribution in [2.24, 2.45) is 0 Å². The maximum atomic E-state index is 13.2. The maximum Gasteiger partial charge on any atom is 0.300 e. The number of thiophene rings is 1. The van der Waals surface area contributed by atoms with Gasteiger partial charge in [0.25, 0.3) is 17.4 Å². The van der Waals surface area contributed by atoms with Crippen molar-refractivity contribution >= 4 is 40.2 Å². The number of Topliss-reactive ketones (excluding diaryl/α,β-unsaturated/α-hetero) is 1. The van der Waals surface area contributed by atoms with Gasteiger partial charge in [0.1, 0.15) is 11.8 Å². The number of aryl methyl sites for hydroxylation is 3. The number of aliphatic hydroxyl groups excluding tert-OH is 1. The van der Waals surface area contributed by atoms with Crippen molar-refractivity contribution in [3.05, 3.63) is 96.7 Å². The first kappa shape index (κ1) is 21.5. The Kier molecular flexibility index (Phi) is 5.40. The van der Waals surface area contributed by atoms with Crippen molar-refractivity contribution in [1.29, 1.82) is 0 Å². The quantitative estimate of drug-likeness (QED) is 0.194. The van der Waals surface area contributed by atoms with Crippen molar-refractivity contribution in [1.82, 2.24) is 0 Å². The third kappa shape index (κ3) is 3.48. The number of carbonyl (C=O) groups is 2. The number of benzene rings is 2. The zero-order chi connectivity index (χ0) is 23.2. The van der Waals surface area contributed by atoms with Gasteiger partial charge >= 0.3 is 0 Å². The minimum Gasteiger partial charge on any atom is -0.507 e. The van der Waals surface area contributed by atoms with Crippen molar-refractivity contribution in [2.45, 2.75) is 26.8 Å². The molecule has 1 aromatic heterocycles. The Morgan fingerprint density at radius 3 is 2.25 bits per heavy atom. The van der Waals surface area contributed by atoms with Crippen molar-refractivity contribution < 1.29 is 19.6 Å². The normalized spacial score (nSPS) is 17.7. The molecule has 0 spiro atoms. The highest BCUT2D eigenvalue weighted by Crippen LogP contribution is 2.45. The Labute approximate surface area is 188 Å². The highest BCUT2D eigenvalue weighted by atomic mass is 32.1. The van der Waals surface area contributed by atoms with Crippen LogP contribution in [0.5, 0.6) is 0 Å². The molecule has 1 fully saturated rings. The Bertz CT molecular complexity index is 1290. The van der Waals surface area contributed by atoms with Crippen LogP contribution in [0.4, 0.5) is 11.4 Å². The lowest BCUT2D eigenvalue weighted by Gasteiger charge is -2.25. The Hall–Kier alpha value is -3.78. The van der Waals surface area contributed by atoms with E-state index in [-0.39, 0.29) is 22.6 Å². The molecule has 8 heteroatoms. The number of amides is 1. The van der Waals surface area contributed by atoms with E-state index >= 15 is 0 Å². The molecule has 7 nitrogen and oxygen atoms in total. The van der Waals surface area contributed by atoms with E-state index in [9.17, 15) is 24.8 Å². The highest BCUT2D eigenvalue weighted by Gasteiger charge is 2.48. The summed E-state index contributed by atoms with van der Waals surface area (Å²) in [5, 5.41) is 23.9. The monoisotopic (exact) mass is 448 g/mol. The number of aliphatic hydroxyl groups is 1. The van der Waals surface area contributed by atoms with Gasteiger partial charge in [-0.3, -0.25) is 24.6 Å². The van der Waals surface area contributed by atoms with E-state index < -0.39 is 22.7 Å². The number of ketones is 1. The van der Waals surface area contributed by atoms with Crippen LogP contribution in [-0.2, 0) is 9.59 Å². The van der Waals surface area contributed by atoms with E-state index in [1.807, 2.05) is 44.4 Å². The first-order chi connectivity index (χ1) is 15.2. The van der Waals surface area contributed by atoms with Crippen LogP contribution in [0.15, 0.2) is 59.5 Å². The summed E-state index contributed by atoms with van der Waals surface area (Å²) in [6.45, 7) is 5.78. The van der Waals surface area contributed by atoms with Gasteiger partial charge < -0.3 is 5.11 Å². The second kappa shape index (κ2) is 8.05. The lowest BCUT2D eigenvalue weighted by Crippen LogP contribution is -2.29. The molecule has 1 atom stereocenters. The summed E-state index contributed by atoms with van der Waals surface area (Å²) in [5.74, 6) is -1.88. The predicted molar refractivity (Wildman–Crippen MR) is 123 cm³/mol. The Morgan fingerprint density at radius 1 is 1.00 bits per heavy atom. The number of nitro benzene ring substituents is 1. The largest absolute Gasteiger partial charge is 0.507 e. The third-order valence-corrected chi connectivity index (χ3v) is 6.79. The van der Waals surface area contributed by atoms with E-state index in [1.165, 1.54) is 40.5 Å². The van der Waals surface area contributed by atoms with Crippen LogP contribution in [0.25, 0.3) is 5.76 Å². The summed E-state index contributed by atoms with van der Waals surface area (Å²) in [4.78, 5) is 38.9. The fraction of sp³-hybridized carbons (Fsp3) is 0.167. The smallest absolute Gasteiger partial charge is 0.300 e. The number of nitro groups is 1. The summed E-state index contributed by atoms with van der Waals surface area (Å²) in [7, 11) is 0. The van der Waals surface area contributed by atoms with Gasteiger partial charge in [-0.1, -0.05) is 6.07 Å². The average molecular weight is 449 g/mol. The standard InChI is InChI=1S/C24H20N2O5S/c1-13-4-7-18(12-15(13)3)25-20(23-14(2)10-11-32-23)19(22(28)24(25)29)21(27)16-5-8-17(9-6-16)26(30)31/h4-12,20,27H,1-3H3/b21-19-. The van der Waals surface area contributed by atoms with Crippen molar-refractivity contribution in [3.63, 3.8) is 0 Å². The third-order valence-electron chi connectivity index (χ3n) is 5.71. The number of hydrogen-bond acceptors (Lipinski definition) is 6. The number of nitrogens with zero attached hydrogens (tertiary/aromatic N) is 2. The van der Waals surface area contributed by atoms with Crippen molar-refractivity contribution in [3.8, 4) is 0 Å². The molecule has 0 saturated carbocycles. The van der Waals surface area contributed by atoms with Gasteiger partial charge in [-0.25, -0.2) is 0 Å². The van der Waals surface area contributed by atoms with E-state index in [0.29, 0.717) is 5.69 Å². The van der Waals surface area contributed by atoms with Crippen LogP contribution in [-0.4, -0.2) is 21.7 Å². The number of carbonyl (C=O) groups excluding carboxylic acids is 2. The number of hydrogen-bond donors (Lipinski definition) is 1. The molecule has 1 aliphatic heterocycles. The highest BCUT2D eigenvalue weighted by molar-refractivity contribution is 7.10. The zero-order valence-electron chi connectivity index (χ0n) is 17.7. The molecule has 1 amide bonds. The lowest BCUT2D eigenvalue weighted by molar-refractivity contribution is -0.384. The molecule has 0 radical (unpaired) electrons. The fourth-order valence-electron chi connectivity index (χ4n) is 3.78. The van der Waals surface area contributed by atoms with Crippen LogP contribution in [0.3, 0.4) is 0 Å². The molecular formula is C24H20N2O5S. The summed E-state index contributed by atoms with van der Waals surface area (Å²) in [6, 6.07) is 11.9. The lowest BCUT2D eigenvalue weighted by atomic mass is 9.98. The molecular weight excluding hydrogens is 428 g/mol. The van der Waals surface area contributed by atoms with Gasteiger partial charge in [0.05, 0.1) is 10.5 Å². The number of rotatable bonds is 4. The van der Waals surface area contributed by atoms with Crippen LogP contribution >= 0.6 is 11.3 Å². The maximum absolute atomic E-state index is 13.2. The molecule has 32 heavy (non-hydrogen) atoms. The van der Waals surface area contributed by atoms with E-state index in [1.54, 1.807) is 6.07 Å². The molecule has 1 aliphatic rings. The van der Waals surface area contributed by atoms with Gasteiger partial charge in [0.2, 0.25) is 0 Å². The van der Waals surface area contributed by atoms with E-state index in [4.69, 9.17) is 0 Å². The molecule has 162 valence electrons. The molecule has 1 N–H and O–H groups in total. The number of anilines is 1. The molecule has 0 aliphatic carbocycles. The zero-order valence-corrected chi connectivity index (χ0v) is 18.5. The van der Waals surface area contributed by atoms with Crippen LogP contribution in [0.1, 0.15) is 33.2 Å². The molecule has 2 heterocycles. The number of non-ortho nitro benzene ring substituents is 1. The molecule has 4 rings (SSSR count). The topological polar surface area (TPSA) is 101 Å². The van der Waals surface area contributed by atoms with Gasteiger partial charge in [0, 0.05) is 28.3 Å². The summed E-state index contributed by atoms with van der Waals surface area (Å²) in [5.41, 5.74) is 3.55. The second-order valence-electron chi connectivity index (χ2n) is 7.71. The van der Waals surface area contributed by atoms with Crippen LogP contribution in [0, 0.1) is 30.9 Å². The Balaban J connectivity index is 1.92. The second-order valence-corrected chi connectivity index (χ2v) is 8.66. The minimum absolute atomic E-state index is 0.0346. The molecule has 3 aromatic rings. The summed E-state index contributed by atoms with van der Waals surface area (Å²) >= 11 is 1.40. The van der Waals surface area contributed by atoms with Gasteiger partial charge in [-0.2, -0.15) is 0 Å². The average Bonchev–Trinajstić information content (AvgIpc) is 3.30. The first-order valence-electron chi connectivity index (χ1n) is 9.87. The molecule has 0 bridgehead atoms. The SMILES string of the molecule is Cc1ccc(N2C(=O)C(=O)/C(=C(\O)c3ccc([N+](=O)[O-])cc3)C2c2sccc2C)cc1C. The Morgan fingerprint density at radius 2 is 1.69 bits per heavy atom. The molecule has 2 aromatic carbocycles. The van der Waals surface area contributed by atoms with Crippen LogP contribution < -0.4 is 4.90 Å². The predicted octanol–water partition coefficient (Wildman–Crippen LogP) is 5.21. The van der Waals surface area contributed by atoms with Gasteiger partial charge in [-0.15, -0.1) is 11.3 Å².